The number of urea groups is 1. The van der Waals surface area contributed by atoms with Gasteiger partial charge in [0.25, 0.3) is 0 Å². The van der Waals surface area contributed by atoms with Gasteiger partial charge in [0.1, 0.15) is 0 Å². The molecule has 1 fully saturated rings. The summed E-state index contributed by atoms with van der Waals surface area (Å²) in [6.07, 6.45) is 3.88. The van der Waals surface area contributed by atoms with Crippen molar-refractivity contribution in [3.05, 3.63) is 29.8 Å². The second-order valence-corrected chi connectivity index (χ2v) is 5.70. The smallest absolute Gasteiger partial charge is 0.319 e. The summed E-state index contributed by atoms with van der Waals surface area (Å²) in [5.41, 5.74) is 7.64. The van der Waals surface area contributed by atoms with E-state index in [9.17, 15) is 4.79 Å². The highest BCUT2D eigenvalue weighted by Gasteiger charge is 2.10. The third-order valence-electron chi connectivity index (χ3n) is 3.83. The van der Waals surface area contributed by atoms with Crippen LogP contribution in [-0.2, 0) is 0 Å². The molecular formula is C16H26N4O. The van der Waals surface area contributed by atoms with Gasteiger partial charge in [0, 0.05) is 24.8 Å². The largest absolute Gasteiger partial charge is 0.337 e. The van der Waals surface area contributed by atoms with Crippen LogP contribution in [0.2, 0.25) is 0 Å². The standard InChI is InChI=1S/C16H26N4O/c1-13(17)14-6-5-7-15(12-14)19-16(21)18-8-11-20-9-3-2-4-10-20/h5-7,12-13H,2-4,8-11,17H2,1H3,(H2,18,19,21). The average Bonchev–Trinajstić information content (AvgIpc) is 2.48. The highest BCUT2D eigenvalue weighted by molar-refractivity contribution is 5.89. The molecule has 5 heteroatoms. The number of nitrogens with two attached hydrogens (primary N) is 1. The van der Waals surface area contributed by atoms with Crippen molar-refractivity contribution < 1.29 is 4.79 Å². The van der Waals surface area contributed by atoms with Gasteiger partial charge in [0.15, 0.2) is 0 Å². The number of carbonyl (C=O) groups is 1. The molecule has 1 atom stereocenters. The minimum absolute atomic E-state index is 0.0334. The molecule has 1 aliphatic heterocycles. The third-order valence-corrected chi connectivity index (χ3v) is 3.83. The quantitative estimate of drug-likeness (QED) is 0.779. The van der Waals surface area contributed by atoms with Crippen LogP contribution in [0.15, 0.2) is 24.3 Å². The van der Waals surface area contributed by atoms with Gasteiger partial charge in [-0.2, -0.15) is 0 Å². The van der Waals surface area contributed by atoms with Gasteiger partial charge in [-0.05, 0) is 50.6 Å². The van der Waals surface area contributed by atoms with Crippen LogP contribution < -0.4 is 16.4 Å². The number of anilines is 1. The van der Waals surface area contributed by atoms with Gasteiger partial charge in [0.2, 0.25) is 0 Å². The molecule has 1 unspecified atom stereocenters. The van der Waals surface area contributed by atoms with E-state index in [1.54, 1.807) is 0 Å². The van der Waals surface area contributed by atoms with Crippen molar-refractivity contribution in [3.63, 3.8) is 0 Å². The zero-order chi connectivity index (χ0) is 15.1. The number of nitrogens with zero attached hydrogens (tertiary/aromatic N) is 1. The van der Waals surface area contributed by atoms with Gasteiger partial charge >= 0.3 is 6.03 Å². The van der Waals surface area contributed by atoms with Crippen molar-refractivity contribution in [1.29, 1.82) is 0 Å². The molecule has 1 aromatic rings. The molecule has 21 heavy (non-hydrogen) atoms. The van der Waals surface area contributed by atoms with E-state index in [0.29, 0.717) is 6.54 Å². The summed E-state index contributed by atoms with van der Waals surface area (Å²) in [7, 11) is 0. The predicted octanol–water partition coefficient (Wildman–Crippen LogP) is 2.31. The number of rotatable bonds is 5. The van der Waals surface area contributed by atoms with E-state index in [-0.39, 0.29) is 12.1 Å². The molecule has 0 bridgehead atoms. The van der Waals surface area contributed by atoms with Gasteiger partial charge < -0.3 is 21.3 Å². The third kappa shape index (κ3) is 5.36. The van der Waals surface area contributed by atoms with Crippen molar-refractivity contribution >= 4 is 11.7 Å². The average molecular weight is 290 g/mol. The highest BCUT2D eigenvalue weighted by Crippen LogP contribution is 2.15. The fraction of sp³-hybridized carbons (Fsp3) is 0.562. The highest BCUT2D eigenvalue weighted by atomic mass is 16.2. The first-order chi connectivity index (χ1) is 10.1. The predicted molar refractivity (Wildman–Crippen MR) is 86.4 cm³/mol. The second kappa shape index (κ2) is 8.00. The molecule has 0 aliphatic carbocycles. The summed E-state index contributed by atoms with van der Waals surface area (Å²) in [5, 5.41) is 5.75. The maximum absolute atomic E-state index is 11.9. The Labute approximate surface area is 126 Å². The van der Waals surface area contributed by atoms with Crippen LogP contribution in [0.4, 0.5) is 10.5 Å². The maximum atomic E-state index is 11.9. The first-order valence-corrected chi connectivity index (χ1v) is 7.78. The summed E-state index contributed by atoms with van der Waals surface area (Å²) >= 11 is 0. The molecule has 1 heterocycles. The molecule has 1 aliphatic rings. The first kappa shape index (κ1) is 15.8. The Hall–Kier alpha value is -1.59. The first-order valence-electron chi connectivity index (χ1n) is 7.78. The van der Waals surface area contributed by atoms with Crippen molar-refractivity contribution in [2.75, 3.05) is 31.5 Å². The van der Waals surface area contributed by atoms with Crippen LogP contribution in [0.3, 0.4) is 0 Å². The van der Waals surface area contributed by atoms with Crippen LogP contribution in [0.25, 0.3) is 0 Å². The Morgan fingerprint density at radius 1 is 1.33 bits per heavy atom. The lowest BCUT2D eigenvalue weighted by atomic mass is 10.1. The SMILES string of the molecule is CC(N)c1cccc(NC(=O)NCCN2CCCCC2)c1. The van der Waals surface area contributed by atoms with Crippen LogP contribution in [0.5, 0.6) is 0 Å². The second-order valence-electron chi connectivity index (χ2n) is 5.70. The molecule has 0 saturated carbocycles. The van der Waals surface area contributed by atoms with Crippen LogP contribution in [0, 0.1) is 0 Å². The topological polar surface area (TPSA) is 70.4 Å². The van der Waals surface area contributed by atoms with Crippen molar-refractivity contribution in [2.24, 2.45) is 5.73 Å². The lowest BCUT2D eigenvalue weighted by Crippen LogP contribution is -2.39. The van der Waals surface area contributed by atoms with Gasteiger partial charge in [-0.25, -0.2) is 4.79 Å². The number of benzene rings is 1. The fourth-order valence-electron chi connectivity index (χ4n) is 2.59. The van der Waals surface area contributed by atoms with E-state index in [1.807, 2.05) is 31.2 Å². The van der Waals surface area contributed by atoms with Crippen LogP contribution in [-0.4, -0.2) is 37.1 Å². The summed E-state index contributed by atoms with van der Waals surface area (Å²) in [4.78, 5) is 14.3. The zero-order valence-corrected chi connectivity index (χ0v) is 12.8. The van der Waals surface area contributed by atoms with E-state index in [4.69, 9.17) is 5.73 Å². The van der Waals surface area contributed by atoms with Crippen LogP contribution >= 0.6 is 0 Å². The van der Waals surface area contributed by atoms with Gasteiger partial charge in [-0.1, -0.05) is 18.6 Å². The molecular weight excluding hydrogens is 264 g/mol. The number of likely N-dealkylation sites (tertiary alicyclic amines) is 1. The molecule has 116 valence electrons. The molecule has 0 spiro atoms. The number of nitrogens with one attached hydrogen (secondary N) is 2. The summed E-state index contributed by atoms with van der Waals surface area (Å²) < 4.78 is 0. The van der Waals surface area contributed by atoms with Gasteiger partial charge in [-0.3, -0.25) is 0 Å². The Kier molecular flexibility index (Phi) is 6.02. The normalized spacial score (nSPS) is 17.2. The number of piperidine rings is 1. The summed E-state index contributed by atoms with van der Waals surface area (Å²) in [6.45, 7) is 5.84. The zero-order valence-electron chi connectivity index (χ0n) is 12.8. The lowest BCUT2D eigenvalue weighted by Gasteiger charge is -2.26. The maximum Gasteiger partial charge on any atom is 0.319 e. The fourth-order valence-corrected chi connectivity index (χ4v) is 2.59. The minimum atomic E-state index is -0.158. The monoisotopic (exact) mass is 290 g/mol. The van der Waals surface area contributed by atoms with Crippen molar-refractivity contribution in [1.82, 2.24) is 10.2 Å². The Balaban J connectivity index is 1.72. The Morgan fingerprint density at radius 2 is 2.10 bits per heavy atom. The van der Waals surface area contributed by atoms with E-state index in [1.165, 1.54) is 19.3 Å². The molecule has 0 radical (unpaired) electrons. The van der Waals surface area contributed by atoms with E-state index < -0.39 is 0 Å². The number of hydrogen-bond acceptors (Lipinski definition) is 3. The Bertz CT molecular complexity index is 455. The number of hydrogen-bond donors (Lipinski definition) is 3. The molecule has 4 N–H and O–H groups in total. The van der Waals surface area contributed by atoms with Crippen LogP contribution in [0.1, 0.15) is 37.8 Å². The van der Waals surface area contributed by atoms with E-state index in [0.717, 1.165) is 30.9 Å². The molecule has 1 saturated heterocycles. The number of carbonyl (C=O) groups excluding carboxylic acids is 1. The molecule has 2 amide bonds. The summed E-state index contributed by atoms with van der Waals surface area (Å²) in [6, 6.07) is 7.46. The molecule has 2 rings (SSSR count). The minimum Gasteiger partial charge on any atom is -0.337 e. The van der Waals surface area contributed by atoms with E-state index >= 15 is 0 Å². The van der Waals surface area contributed by atoms with Gasteiger partial charge in [0.05, 0.1) is 0 Å². The molecule has 1 aromatic carbocycles. The number of amides is 2. The Morgan fingerprint density at radius 3 is 2.81 bits per heavy atom. The lowest BCUT2D eigenvalue weighted by molar-refractivity contribution is 0.224. The van der Waals surface area contributed by atoms with E-state index in [2.05, 4.69) is 15.5 Å². The molecule has 5 nitrogen and oxygen atoms in total. The summed E-state index contributed by atoms with van der Waals surface area (Å²) in [5.74, 6) is 0. The van der Waals surface area contributed by atoms with Crippen molar-refractivity contribution in [3.8, 4) is 0 Å². The molecule has 0 aromatic heterocycles. The van der Waals surface area contributed by atoms with Crippen molar-refractivity contribution in [2.45, 2.75) is 32.2 Å². The van der Waals surface area contributed by atoms with Gasteiger partial charge in [-0.15, -0.1) is 0 Å².